The van der Waals surface area contributed by atoms with Gasteiger partial charge in [-0.3, -0.25) is 0 Å². The highest BCUT2D eigenvalue weighted by Gasteiger charge is 1.94. The van der Waals surface area contributed by atoms with E-state index in [0.29, 0.717) is 6.54 Å². The predicted molar refractivity (Wildman–Crippen MR) is 35.2 cm³/mol. The van der Waals surface area contributed by atoms with Crippen LogP contribution in [-0.2, 0) is 4.74 Å². The van der Waals surface area contributed by atoms with E-state index in [4.69, 9.17) is 0 Å². The molecular weight excluding hydrogens is 118 g/mol. The summed E-state index contributed by atoms with van der Waals surface area (Å²) in [4.78, 5) is 10.3. The van der Waals surface area contributed by atoms with Gasteiger partial charge in [0.1, 0.15) is 0 Å². The second kappa shape index (κ2) is 3.95. The molecule has 52 valence electrons. The Kier molecular flexibility index (Phi) is 3.51. The number of rotatable bonds is 2. The normalized spacial score (nSPS) is 8.22. The van der Waals surface area contributed by atoms with Crippen molar-refractivity contribution >= 4 is 6.09 Å². The van der Waals surface area contributed by atoms with Crippen LogP contribution in [0, 0.1) is 0 Å². The van der Waals surface area contributed by atoms with Gasteiger partial charge in [-0.25, -0.2) is 4.79 Å². The standard InChI is InChI=1S/C6H11NO2/c1-5(2)4-7-6(8)9-3/h1,4H2,2-3H3,(H,7,8). The van der Waals surface area contributed by atoms with Crippen molar-refractivity contribution in [2.24, 2.45) is 0 Å². The maximum Gasteiger partial charge on any atom is 0.407 e. The van der Waals surface area contributed by atoms with Crippen LogP contribution in [-0.4, -0.2) is 19.7 Å². The molecule has 0 saturated carbocycles. The molecule has 1 amide bonds. The van der Waals surface area contributed by atoms with Gasteiger partial charge in [0.05, 0.1) is 7.11 Å². The minimum Gasteiger partial charge on any atom is -0.453 e. The van der Waals surface area contributed by atoms with Crippen molar-refractivity contribution < 1.29 is 9.53 Å². The van der Waals surface area contributed by atoms with Crippen molar-refractivity contribution in [2.75, 3.05) is 13.7 Å². The van der Waals surface area contributed by atoms with Gasteiger partial charge in [0.25, 0.3) is 0 Å². The minimum atomic E-state index is -0.419. The van der Waals surface area contributed by atoms with Crippen LogP contribution in [0.4, 0.5) is 4.79 Å². The summed E-state index contributed by atoms with van der Waals surface area (Å²) in [7, 11) is 1.33. The Balaban J connectivity index is 3.28. The van der Waals surface area contributed by atoms with E-state index in [1.54, 1.807) is 0 Å². The number of carbonyl (C=O) groups is 1. The Morgan fingerprint density at radius 3 is 2.67 bits per heavy atom. The lowest BCUT2D eigenvalue weighted by atomic mass is 10.4. The number of nitrogens with one attached hydrogen (secondary N) is 1. The highest BCUT2D eigenvalue weighted by Crippen LogP contribution is 1.81. The fourth-order valence-corrected chi connectivity index (χ4v) is 0.295. The largest absolute Gasteiger partial charge is 0.453 e. The highest BCUT2D eigenvalue weighted by atomic mass is 16.5. The lowest BCUT2D eigenvalue weighted by molar-refractivity contribution is 0.172. The minimum absolute atomic E-state index is 0.419. The molecule has 0 heterocycles. The molecule has 0 saturated heterocycles. The first-order valence-corrected chi connectivity index (χ1v) is 2.63. The summed E-state index contributed by atoms with van der Waals surface area (Å²) < 4.78 is 4.31. The van der Waals surface area contributed by atoms with E-state index in [1.807, 2.05) is 6.92 Å². The topological polar surface area (TPSA) is 38.3 Å². The molecule has 0 aromatic rings. The smallest absolute Gasteiger partial charge is 0.407 e. The zero-order chi connectivity index (χ0) is 7.28. The molecule has 3 heteroatoms. The molecular formula is C6H11NO2. The van der Waals surface area contributed by atoms with Crippen LogP contribution in [0.5, 0.6) is 0 Å². The van der Waals surface area contributed by atoms with Crippen molar-refractivity contribution in [2.45, 2.75) is 6.92 Å². The van der Waals surface area contributed by atoms with Gasteiger partial charge in [-0.2, -0.15) is 0 Å². The molecule has 1 N–H and O–H groups in total. The molecule has 0 aromatic heterocycles. The summed E-state index contributed by atoms with van der Waals surface area (Å²) in [5.74, 6) is 0. The van der Waals surface area contributed by atoms with Crippen molar-refractivity contribution in [3.63, 3.8) is 0 Å². The molecule has 9 heavy (non-hydrogen) atoms. The number of hydrogen-bond donors (Lipinski definition) is 1. The molecule has 0 atom stereocenters. The SMILES string of the molecule is C=C(C)CNC(=O)OC. The lowest BCUT2D eigenvalue weighted by Crippen LogP contribution is -2.24. The van der Waals surface area contributed by atoms with Crippen LogP contribution in [0.25, 0.3) is 0 Å². The van der Waals surface area contributed by atoms with Crippen LogP contribution in [0.2, 0.25) is 0 Å². The maximum absolute atomic E-state index is 10.3. The zero-order valence-corrected chi connectivity index (χ0v) is 5.73. The van der Waals surface area contributed by atoms with Gasteiger partial charge < -0.3 is 10.1 Å². The molecule has 0 spiro atoms. The van der Waals surface area contributed by atoms with Gasteiger partial charge in [0, 0.05) is 6.54 Å². The Labute approximate surface area is 54.7 Å². The summed E-state index contributed by atoms with van der Waals surface area (Å²) in [5.41, 5.74) is 0.903. The summed E-state index contributed by atoms with van der Waals surface area (Å²) in [6, 6.07) is 0. The molecule has 3 nitrogen and oxygen atoms in total. The summed E-state index contributed by atoms with van der Waals surface area (Å²) in [5, 5.41) is 2.47. The van der Waals surface area contributed by atoms with Gasteiger partial charge in [0.2, 0.25) is 0 Å². The Hall–Kier alpha value is -0.990. The lowest BCUT2D eigenvalue weighted by Gasteiger charge is -2.00. The summed E-state index contributed by atoms with van der Waals surface area (Å²) in [6.45, 7) is 5.90. The summed E-state index contributed by atoms with van der Waals surface area (Å²) >= 11 is 0. The van der Waals surface area contributed by atoms with Crippen LogP contribution in [0.15, 0.2) is 12.2 Å². The van der Waals surface area contributed by atoms with E-state index < -0.39 is 6.09 Å². The predicted octanol–water partition coefficient (Wildman–Crippen LogP) is 0.919. The molecule has 0 unspecified atom stereocenters. The number of methoxy groups -OCH3 is 1. The zero-order valence-electron chi connectivity index (χ0n) is 5.73. The number of carbonyl (C=O) groups excluding carboxylic acids is 1. The average molecular weight is 129 g/mol. The Morgan fingerprint density at radius 2 is 2.33 bits per heavy atom. The quantitative estimate of drug-likeness (QED) is 0.563. The molecule has 0 rings (SSSR count). The van der Waals surface area contributed by atoms with Crippen molar-refractivity contribution in [1.29, 1.82) is 0 Å². The number of hydrogen-bond acceptors (Lipinski definition) is 2. The van der Waals surface area contributed by atoms with Gasteiger partial charge in [-0.05, 0) is 6.92 Å². The van der Waals surface area contributed by atoms with Gasteiger partial charge >= 0.3 is 6.09 Å². The number of amides is 1. The number of ether oxygens (including phenoxy) is 1. The fourth-order valence-electron chi connectivity index (χ4n) is 0.295. The second-order valence-electron chi connectivity index (χ2n) is 1.80. The molecule has 0 fully saturated rings. The van der Waals surface area contributed by atoms with E-state index >= 15 is 0 Å². The van der Waals surface area contributed by atoms with E-state index in [2.05, 4.69) is 16.6 Å². The van der Waals surface area contributed by atoms with E-state index in [9.17, 15) is 4.79 Å². The van der Waals surface area contributed by atoms with Crippen molar-refractivity contribution in [3.8, 4) is 0 Å². The summed E-state index contributed by atoms with van der Waals surface area (Å²) in [6.07, 6.45) is -0.419. The van der Waals surface area contributed by atoms with Crippen LogP contribution >= 0.6 is 0 Å². The first kappa shape index (κ1) is 8.01. The first-order valence-electron chi connectivity index (χ1n) is 2.63. The molecule has 0 aliphatic rings. The van der Waals surface area contributed by atoms with Gasteiger partial charge in [0.15, 0.2) is 0 Å². The van der Waals surface area contributed by atoms with E-state index in [0.717, 1.165) is 5.57 Å². The Bertz CT molecular complexity index is 120. The second-order valence-corrected chi connectivity index (χ2v) is 1.80. The van der Waals surface area contributed by atoms with Crippen molar-refractivity contribution in [1.82, 2.24) is 5.32 Å². The van der Waals surface area contributed by atoms with Gasteiger partial charge in [-0.15, -0.1) is 0 Å². The monoisotopic (exact) mass is 129 g/mol. The van der Waals surface area contributed by atoms with E-state index in [-0.39, 0.29) is 0 Å². The highest BCUT2D eigenvalue weighted by molar-refractivity contribution is 5.67. The number of alkyl carbamates (subject to hydrolysis) is 1. The molecule has 0 aliphatic heterocycles. The van der Waals surface area contributed by atoms with E-state index in [1.165, 1.54) is 7.11 Å². The maximum atomic E-state index is 10.3. The van der Waals surface area contributed by atoms with Crippen LogP contribution < -0.4 is 5.32 Å². The van der Waals surface area contributed by atoms with Gasteiger partial charge in [-0.1, -0.05) is 12.2 Å². The average Bonchev–Trinajstić information content (AvgIpc) is 1.83. The molecule has 0 aliphatic carbocycles. The molecule has 0 aromatic carbocycles. The van der Waals surface area contributed by atoms with Crippen LogP contribution in [0.3, 0.4) is 0 Å². The third-order valence-electron chi connectivity index (χ3n) is 0.720. The third-order valence-corrected chi connectivity index (χ3v) is 0.720. The van der Waals surface area contributed by atoms with Crippen molar-refractivity contribution in [3.05, 3.63) is 12.2 Å². The molecule has 0 radical (unpaired) electrons. The first-order chi connectivity index (χ1) is 4.16. The third kappa shape index (κ3) is 4.87. The molecule has 0 bridgehead atoms. The Morgan fingerprint density at radius 1 is 1.78 bits per heavy atom. The van der Waals surface area contributed by atoms with Crippen LogP contribution in [0.1, 0.15) is 6.92 Å². The fraction of sp³-hybridized carbons (Fsp3) is 0.500.